The van der Waals surface area contributed by atoms with Gasteiger partial charge in [-0.15, -0.1) is 0 Å². The van der Waals surface area contributed by atoms with Gasteiger partial charge in [0.15, 0.2) is 0 Å². The van der Waals surface area contributed by atoms with Crippen molar-refractivity contribution in [1.82, 2.24) is 10.4 Å². The van der Waals surface area contributed by atoms with E-state index in [1.807, 2.05) is 6.92 Å². The van der Waals surface area contributed by atoms with Crippen LogP contribution < -0.4 is 5.43 Å². The SMILES string of the molecule is C=NC1CCCNN(CC)C1=O. The molecule has 1 atom stereocenters. The summed E-state index contributed by atoms with van der Waals surface area (Å²) in [5.41, 5.74) is 3.04. The van der Waals surface area contributed by atoms with Gasteiger partial charge in [-0.25, -0.2) is 5.43 Å². The second kappa shape index (κ2) is 4.21. The van der Waals surface area contributed by atoms with E-state index in [4.69, 9.17) is 0 Å². The van der Waals surface area contributed by atoms with E-state index in [1.165, 1.54) is 0 Å². The summed E-state index contributed by atoms with van der Waals surface area (Å²) in [5.74, 6) is 0.0463. The molecule has 1 unspecified atom stereocenters. The number of amides is 1. The quantitative estimate of drug-likeness (QED) is 0.600. The topological polar surface area (TPSA) is 44.7 Å². The summed E-state index contributed by atoms with van der Waals surface area (Å²) in [6.45, 7) is 6.90. The predicted molar refractivity (Wildman–Crippen MR) is 48.0 cm³/mol. The van der Waals surface area contributed by atoms with Crippen LogP contribution in [0.15, 0.2) is 4.99 Å². The number of hydrazine groups is 1. The van der Waals surface area contributed by atoms with Gasteiger partial charge in [0, 0.05) is 13.1 Å². The number of hydrogen-bond acceptors (Lipinski definition) is 3. The molecule has 1 rings (SSSR count). The molecule has 68 valence electrons. The van der Waals surface area contributed by atoms with Crippen molar-refractivity contribution in [1.29, 1.82) is 0 Å². The molecule has 1 amide bonds. The van der Waals surface area contributed by atoms with Gasteiger partial charge in [0.1, 0.15) is 6.04 Å². The molecule has 0 radical (unpaired) electrons. The molecule has 0 saturated carbocycles. The Balaban J connectivity index is 2.65. The summed E-state index contributed by atoms with van der Waals surface area (Å²) in [5, 5.41) is 1.62. The Morgan fingerprint density at radius 3 is 3.17 bits per heavy atom. The lowest BCUT2D eigenvalue weighted by atomic mass is 10.1. The molecule has 12 heavy (non-hydrogen) atoms. The van der Waals surface area contributed by atoms with Gasteiger partial charge in [0.25, 0.3) is 5.91 Å². The highest BCUT2D eigenvalue weighted by Crippen LogP contribution is 2.08. The minimum Gasteiger partial charge on any atom is -0.288 e. The highest BCUT2D eigenvalue weighted by atomic mass is 16.2. The zero-order valence-corrected chi connectivity index (χ0v) is 7.42. The number of hydrogen-bond donors (Lipinski definition) is 1. The Kier molecular flexibility index (Phi) is 3.22. The minimum absolute atomic E-state index is 0.0463. The van der Waals surface area contributed by atoms with Gasteiger partial charge in [0.05, 0.1) is 0 Å². The molecule has 0 aromatic heterocycles. The van der Waals surface area contributed by atoms with Crippen LogP contribution in [0.4, 0.5) is 0 Å². The molecule has 4 heteroatoms. The van der Waals surface area contributed by atoms with Crippen LogP contribution in [0.3, 0.4) is 0 Å². The molecule has 1 fully saturated rings. The first-order chi connectivity index (χ1) is 5.79. The Morgan fingerprint density at radius 1 is 1.83 bits per heavy atom. The van der Waals surface area contributed by atoms with E-state index >= 15 is 0 Å². The van der Waals surface area contributed by atoms with Crippen molar-refractivity contribution < 1.29 is 4.79 Å². The average Bonchev–Trinajstić information content (AvgIpc) is 2.27. The first kappa shape index (κ1) is 9.19. The van der Waals surface area contributed by atoms with Gasteiger partial charge in [0.2, 0.25) is 0 Å². The van der Waals surface area contributed by atoms with Gasteiger partial charge in [-0.1, -0.05) is 0 Å². The Labute approximate surface area is 72.6 Å². The summed E-state index contributed by atoms with van der Waals surface area (Å²) in [6.07, 6.45) is 1.79. The molecule has 0 bridgehead atoms. The molecule has 1 saturated heterocycles. The van der Waals surface area contributed by atoms with Crippen LogP contribution in [0.2, 0.25) is 0 Å². The second-order valence-corrected chi connectivity index (χ2v) is 2.83. The van der Waals surface area contributed by atoms with Crippen molar-refractivity contribution in [3.8, 4) is 0 Å². The molecule has 4 nitrogen and oxygen atoms in total. The largest absolute Gasteiger partial charge is 0.288 e. The molecule has 0 aliphatic carbocycles. The minimum atomic E-state index is -0.236. The zero-order valence-electron chi connectivity index (χ0n) is 7.42. The molecule has 0 spiro atoms. The predicted octanol–water partition coefficient (Wildman–Crippen LogP) is 0.202. The van der Waals surface area contributed by atoms with Crippen molar-refractivity contribution in [2.24, 2.45) is 4.99 Å². The van der Waals surface area contributed by atoms with Gasteiger partial charge in [-0.05, 0) is 26.5 Å². The smallest absolute Gasteiger partial charge is 0.261 e. The van der Waals surface area contributed by atoms with E-state index in [1.54, 1.807) is 5.01 Å². The summed E-state index contributed by atoms with van der Waals surface area (Å²) in [4.78, 5) is 15.3. The van der Waals surface area contributed by atoms with Crippen molar-refractivity contribution in [3.05, 3.63) is 0 Å². The molecule has 1 heterocycles. The maximum Gasteiger partial charge on any atom is 0.261 e. The summed E-state index contributed by atoms with van der Waals surface area (Å²) >= 11 is 0. The van der Waals surface area contributed by atoms with Crippen LogP contribution in [-0.4, -0.2) is 36.8 Å². The molecule has 1 N–H and O–H groups in total. The fraction of sp³-hybridized carbons (Fsp3) is 0.750. The number of rotatable bonds is 2. The van der Waals surface area contributed by atoms with E-state index < -0.39 is 0 Å². The van der Waals surface area contributed by atoms with E-state index in [0.717, 1.165) is 19.4 Å². The molecular weight excluding hydrogens is 154 g/mol. The first-order valence-corrected chi connectivity index (χ1v) is 4.30. The molecule has 0 aromatic rings. The molecule has 0 aromatic carbocycles. The fourth-order valence-electron chi connectivity index (χ4n) is 1.33. The molecular formula is C8H15N3O. The number of aliphatic imine (C=N–C) groups is 1. The lowest BCUT2D eigenvalue weighted by Crippen LogP contribution is -2.44. The number of nitrogens with zero attached hydrogens (tertiary/aromatic N) is 2. The Hall–Kier alpha value is -0.900. The summed E-state index contributed by atoms with van der Waals surface area (Å²) in [6, 6.07) is -0.236. The maximum absolute atomic E-state index is 11.5. The highest BCUT2D eigenvalue weighted by Gasteiger charge is 2.24. The molecule has 1 aliphatic rings. The third-order valence-corrected chi connectivity index (χ3v) is 2.04. The van der Waals surface area contributed by atoms with Crippen molar-refractivity contribution in [2.45, 2.75) is 25.8 Å². The number of carbonyl (C=O) groups excluding carboxylic acids is 1. The number of nitrogens with one attached hydrogen (secondary N) is 1. The Bertz CT molecular complexity index is 181. The highest BCUT2D eigenvalue weighted by molar-refractivity contribution is 5.82. The van der Waals surface area contributed by atoms with Crippen molar-refractivity contribution in [3.63, 3.8) is 0 Å². The van der Waals surface area contributed by atoms with E-state index in [-0.39, 0.29) is 11.9 Å². The van der Waals surface area contributed by atoms with Gasteiger partial charge < -0.3 is 0 Å². The molecule has 1 aliphatic heterocycles. The van der Waals surface area contributed by atoms with E-state index in [9.17, 15) is 4.79 Å². The van der Waals surface area contributed by atoms with Crippen LogP contribution in [-0.2, 0) is 4.79 Å². The lowest BCUT2D eigenvalue weighted by Gasteiger charge is -2.20. The number of carbonyl (C=O) groups is 1. The Morgan fingerprint density at radius 2 is 2.58 bits per heavy atom. The third kappa shape index (κ3) is 1.82. The van der Waals surface area contributed by atoms with Crippen LogP contribution in [0.5, 0.6) is 0 Å². The summed E-state index contributed by atoms with van der Waals surface area (Å²) < 4.78 is 0. The lowest BCUT2D eigenvalue weighted by molar-refractivity contribution is -0.134. The maximum atomic E-state index is 11.5. The fourth-order valence-corrected chi connectivity index (χ4v) is 1.33. The van der Waals surface area contributed by atoms with Crippen molar-refractivity contribution >= 4 is 12.6 Å². The monoisotopic (exact) mass is 169 g/mol. The van der Waals surface area contributed by atoms with E-state index in [2.05, 4.69) is 17.1 Å². The van der Waals surface area contributed by atoms with Crippen LogP contribution in [0.1, 0.15) is 19.8 Å². The normalized spacial score (nSPS) is 25.2. The van der Waals surface area contributed by atoms with Crippen LogP contribution >= 0.6 is 0 Å². The van der Waals surface area contributed by atoms with E-state index in [0.29, 0.717) is 6.54 Å². The second-order valence-electron chi connectivity index (χ2n) is 2.83. The van der Waals surface area contributed by atoms with Crippen molar-refractivity contribution in [2.75, 3.05) is 13.1 Å². The number of likely N-dealkylation sites (N-methyl/N-ethyl adjacent to an activating group) is 1. The van der Waals surface area contributed by atoms with Crippen LogP contribution in [0, 0.1) is 0 Å². The third-order valence-electron chi connectivity index (χ3n) is 2.04. The van der Waals surface area contributed by atoms with Crippen LogP contribution in [0.25, 0.3) is 0 Å². The summed E-state index contributed by atoms with van der Waals surface area (Å²) in [7, 11) is 0. The van der Waals surface area contributed by atoms with Gasteiger partial charge in [-0.3, -0.25) is 14.8 Å². The van der Waals surface area contributed by atoms with Gasteiger partial charge in [-0.2, -0.15) is 0 Å². The zero-order chi connectivity index (χ0) is 8.97. The average molecular weight is 169 g/mol. The van der Waals surface area contributed by atoms with Gasteiger partial charge >= 0.3 is 0 Å². The first-order valence-electron chi connectivity index (χ1n) is 4.30. The standard InChI is InChI=1S/C8H15N3O/c1-3-11-8(12)7(9-2)5-4-6-10-11/h7,10H,2-6H2,1H3.